The van der Waals surface area contributed by atoms with Gasteiger partial charge in [0.2, 0.25) is 0 Å². The lowest BCUT2D eigenvalue weighted by molar-refractivity contribution is 0.0952. The Hall–Kier alpha value is -3.40. The molecule has 1 amide bonds. The minimum atomic E-state index is -0.340. The van der Waals surface area contributed by atoms with Crippen molar-refractivity contribution in [2.24, 2.45) is 0 Å². The third-order valence-electron chi connectivity index (χ3n) is 4.77. The zero-order valence-corrected chi connectivity index (χ0v) is 16.7. The van der Waals surface area contributed by atoms with Crippen LogP contribution in [0.25, 0.3) is 10.9 Å². The Bertz CT molecular complexity index is 1180. The molecule has 7 heteroatoms. The minimum absolute atomic E-state index is 0.0924. The SMILES string of the molecule is Cc1cc(C)c(CNC(=O)c2cc(C#N)cc3c2c(C)nn3C(C)C)c(=O)[nH]1. The highest BCUT2D eigenvalue weighted by Gasteiger charge is 2.19. The summed E-state index contributed by atoms with van der Waals surface area (Å²) in [6.45, 7) is 9.61. The molecule has 1 aromatic carbocycles. The van der Waals surface area contributed by atoms with E-state index in [1.165, 1.54) is 0 Å². The second-order valence-corrected chi connectivity index (χ2v) is 7.28. The highest BCUT2D eigenvalue weighted by atomic mass is 16.1. The van der Waals surface area contributed by atoms with E-state index in [4.69, 9.17) is 0 Å². The molecule has 0 atom stereocenters. The minimum Gasteiger partial charge on any atom is -0.348 e. The van der Waals surface area contributed by atoms with Gasteiger partial charge in [-0.15, -0.1) is 0 Å². The summed E-state index contributed by atoms with van der Waals surface area (Å²) < 4.78 is 1.82. The number of aromatic nitrogens is 3. The highest BCUT2D eigenvalue weighted by Crippen LogP contribution is 2.27. The van der Waals surface area contributed by atoms with E-state index in [1.54, 1.807) is 12.1 Å². The molecule has 0 radical (unpaired) electrons. The van der Waals surface area contributed by atoms with E-state index in [0.717, 1.165) is 27.9 Å². The molecule has 0 unspecified atom stereocenters. The first kappa shape index (κ1) is 19.4. The lowest BCUT2D eigenvalue weighted by atomic mass is 10.0. The van der Waals surface area contributed by atoms with Gasteiger partial charge in [-0.25, -0.2) is 0 Å². The van der Waals surface area contributed by atoms with Crippen molar-refractivity contribution in [2.75, 3.05) is 0 Å². The molecule has 2 heterocycles. The smallest absolute Gasteiger partial charge is 0.253 e. The van der Waals surface area contributed by atoms with Crippen molar-refractivity contribution in [3.63, 3.8) is 0 Å². The zero-order chi connectivity index (χ0) is 20.6. The molecule has 0 aliphatic carbocycles. The van der Waals surface area contributed by atoms with Crippen LogP contribution in [0.1, 0.15) is 58.3 Å². The maximum Gasteiger partial charge on any atom is 0.253 e. The van der Waals surface area contributed by atoms with Crippen molar-refractivity contribution < 1.29 is 4.79 Å². The molecule has 7 nitrogen and oxygen atoms in total. The number of fused-ring (bicyclic) bond motifs is 1. The van der Waals surface area contributed by atoms with Crippen LogP contribution in [-0.2, 0) is 6.54 Å². The summed E-state index contributed by atoms with van der Waals surface area (Å²) >= 11 is 0. The highest BCUT2D eigenvalue weighted by molar-refractivity contribution is 6.07. The van der Waals surface area contributed by atoms with E-state index in [2.05, 4.69) is 21.5 Å². The fraction of sp³-hybridized carbons (Fsp3) is 0.333. The number of amides is 1. The van der Waals surface area contributed by atoms with Crippen molar-refractivity contribution in [3.05, 3.63) is 62.2 Å². The van der Waals surface area contributed by atoms with Crippen LogP contribution in [0.15, 0.2) is 23.0 Å². The average Bonchev–Trinajstić information content (AvgIpc) is 2.96. The summed E-state index contributed by atoms with van der Waals surface area (Å²) in [5.41, 5.74) is 4.16. The molecule has 0 aliphatic rings. The summed E-state index contributed by atoms with van der Waals surface area (Å²) in [4.78, 5) is 27.9. The van der Waals surface area contributed by atoms with Gasteiger partial charge in [0.25, 0.3) is 11.5 Å². The lowest BCUT2D eigenvalue weighted by Crippen LogP contribution is -2.28. The normalized spacial score (nSPS) is 11.0. The number of hydrogen-bond donors (Lipinski definition) is 2. The van der Waals surface area contributed by atoms with Crippen molar-refractivity contribution in [3.8, 4) is 6.07 Å². The molecule has 0 saturated carbocycles. The van der Waals surface area contributed by atoms with Crippen LogP contribution < -0.4 is 10.9 Å². The fourth-order valence-electron chi connectivity index (χ4n) is 3.46. The molecule has 3 rings (SSSR count). The van der Waals surface area contributed by atoms with E-state index in [0.29, 0.717) is 16.7 Å². The van der Waals surface area contributed by atoms with Gasteiger partial charge in [0.1, 0.15) is 0 Å². The summed E-state index contributed by atoms with van der Waals surface area (Å²) in [6.07, 6.45) is 0. The Morgan fingerprint density at radius 1 is 1.29 bits per heavy atom. The summed E-state index contributed by atoms with van der Waals surface area (Å²) in [5.74, 6) is -0.340. The molecule has 0 fully saturated rings. The number of rotatable bonds is 4. The van der Waals surface area contributed by atoms with E-state index in [9.17, 15) is 14.9 Å². The summed E-state index contributed by atoms with van der Waals surface area (Å²) in [6, 6.07) is 7.40. The Morgan fingerprint density at radius 2 is 2.00 bits per heavy atom. The Balaban J connectivity index is 2.03. The van der Waals surface area contributed by atoms with Gasteiger partial charge in [-0.3, -0.25) is 14.3 Å². The van der Waals surface area contributed by atoms with Crippen LogP contribution in [0, 0.1) is 32.1 Å². The van der Waals surface area contributed by atoms with E-state index in [-0.39, 0.29) is 24.1 Å². The van der Waals surface area contributed by atoms with Gasteiger partial charge < -0.3 is 10.3 Å². The van der Waals surface area contributed by atoms with Crippen LogP contribution in [-0.4, -0.2) is 20.7 Å². The largest absolute Gasteiger partial charge is 0.348 e. The van der Waals surface area contributed by atoms with Crippen molar-refractivity contribution in [1.29, 1.82) is 5.26 Å². The van der Waals surface area contributed by atoms with Crippen LogP contribution in [0.5, 0.6) is 0 Å². The van der Waals surface area contributed by atoms with Gasteiger partial charge in [0, 0.05) is 29.2 Å². The number of aromatic amines is 1. The van der Waals surface area contributed by atoms with Crippen molar-refractivity contribution >= 4 is 16.8 Å². The standard InChI is InChI=1S/C21H23N5O2/c1-11(2)26-18-8-15(9-22)7-16(19(18)14(5)25-26)20(27)23-10-17-12(3)6-13(4)24-21(17)28/h6-8,11H,10H2,1-5H3,(H,23,27)(H,24,28). The molecule has 3 aromatic rings. The van der Waals surface area contributed by atoms with Gasteiger partial charge in [0.15, 0.2) is 0 Å². The van der Waals surface area contributed by atoms with Gasteiger partial charge in [-0.05, 0) is 58.4 Å². The molecule has 0 saturated heterocycles. The molecule has 0 aliphatic heterocycles. The number of carbonyl (C=O) groups is 1. The second-order valence-electron chi connectivity index (χ2n) is 7.28. The number of nitrogens with zero attached hydrogens (tertiary/aromatic N) is 3. The first-order valence-corrected chi connectivity index (χ1v) is 9.13. The maximum absolute atomic E-state index is 13.0. The van der Waals surface area contributed by atoms with Gasteiger partial charge >= 0.3 is 0 Å². The molecule has 144 valence electrons. The third-order valence-corrected chi connectivity index (χ3v) is 4.77. The number of benzene rings is 1. The van der Waals surface area contributed by atoms with Gasteiger partial charge in [-0.2, -0.15) is 10.4 Å². The molecule has 2 aromatic heterocycles. The zero-order valence-electron chi connectivity index (χ0n) is 16.7. The number of aryl methyl sites for hydroxylation is 3. The molecular weight excluding hydrogens is 354 g/mol. The Labute approximate surface area is 163 Å². The number of carbonyl (C=O) groups excluding carboxylic acids is 1. The van der Waals surface area contributed by atoms with Crippen LogP contribution in [0.4, 0.5) is 0 Å². The topological polar surface area (TPSA) is 104 Å². The molecule has 0 bridgehead atoms. The van der Waals surface area contributed by atoms with Crippen molar-refractivity contribution in [1.82, 2.24) is 20.1 Å². The first-order chi connectivity index (χ1) is 13.2. The van der Waals surface area contributed by atoms with Crippen LogP contribution in [0.2, 0.25) is 0 Å². The predicted molar refractivity (Wildman–Crippen MR) is 107 cm³/mol. The van der Waals surface area contributed by atoms with Crippen molar-refractivity contribution in [2.45, 2.75) is 47.2 Å². The number of H-pyrrole nitrogens is 1. The van der Waals surface area contributed by atoms with Crippen LogP contribution >= 0.6 is 0 Å². The molecule has 28 heavy (non-hydrogen) atoms. The van der Waals surface area contributed by atoms with Gasteiger partial charge in [-0.1, -0.05) is 0 Å². The Morgan fingerprint density at radius 3 is 2.61 bits per heavy atom. The molecule has 2 N–H and O–H groups in total. The lowest BCUT2D eigenvalue weighted by Gasteiger charge is -2.11. The first-order valence-electron chi connectivity index (χ1n) is 9.13. The van der Waals surface area contributed by atoms with E-state index >= 15 is 0 Å². The predicted octanol–water partition coefficient (Wildman–Crippen LogP) is 3.03. The van der Waals surface area contributed by atoms with E-state index in [1.807, 2.05) is 45.4 Å². The molecule has 0 spiro atoms. The number of nitrogens with one attached hydrogen (secondary N) is 2. The monoisotopic (exact) mass is 377 g/mol. The summed E-state index contributed by atoms with van der Waals surface area (Å²) in [5, 5.41) is 17.5. The Kier molecular flexibility index (Phi) is 5.06. The maximum atomic E-state index is 13.0. The number of pyridine rings is 1. The third kappa shape index (κ3) is 3.41. The molecular formula is C21H23N5O2. The average molecular weight is 377 g/mol. The van der Waals surface area contributed by atoms with E-state index < -0.39 is 0 Å². The quantitative estimate of drug-likeness (QED) is 0.729. The number of hydrogen-bond acceptors (Lipinski definition) is 4. The van der Waals surface area contributed by atoms with Crippen LogP contribution in [0.3, 0.4) is 0 Å². The van der Waals surface area contributed by atoms with Gasteiger partial charge in [0.05, 0.1) is 28.4 Å². The second kappa shape index (κ2) is 7.31. The fourth-order valence-corrected chi connectivity index (χ4v) is 3.46. The number of nitriles is 1. The summed E-state index contributed by atoms with van der Waals surface area (Å²) in [7, 11) is 0.